The average Bonchev–Trinajstić information content (AvgIpc) is 2.18. The summed E-state index contributed by atoms with van der Waals surface area (Å²) in [5.74, 6) is 0.432. The Bertz CT molecular complexity index is 267. The lowest BCUT2D eigenvalue weighted by atomic mass is 9.79. The lowest BCUT2D eigenvalue weighted by molar-refractivity contribution is -0.116. The van der Waals surface area contributed by atoms with E-state index in [2.05, 4.69) is 12.2 Å². The second-order valence-electron chi connectivity index (χ2n) is 4.36. The van der Waals surface area contributed by atoms with Crippen LogP contribution in [0.5, 0.6) is 0 Å². The van der Waals surface area contributed by atoms with Crippen LogP contribution in [0, 0.1) is 0 Å². The van der Waals surface area contributed by atoms with E-state index in [-0.39, 0.29) is 0 Å². The quantitative estimate of drug-likeness (QED) is 0.728. The van der Waals surface area contributed by atoms with Crippen molar-refractivity contribution in [3.63, 3.8) is 0 Å². The van der Waals surface area contributed by atoms with Crippen molar-refractivity contribution in [3.05, 3.63) is 11.1 Å². The molecule has 78 valence electrons. The molecule has 2 rings (SSSR count). The maximum Gasteiger partial charge on any atom is 0.158 e. The molecule has 1 atom stereocenters. The molecule has 14 heavy (non-hydrogen) atoms. The molecule has 0 heterocycles. The van der Waals surface area contributed by atoms with Gasteiger partial charge in [0.25, 0.3) is 0 Å². The largest absolute Gasteiger partial charge is 0.314 e. The van der Waals surface area contributed by atoms with E-state index in [4.69, 9.17) is 0 Å². The fourth-order valence-corrected chi connectivity index (χ4v) is 2.68. The summed E-state index contributed by atoms with van der Waals surface area (Å²) in [5.41, 5.74) is 2.64. The van der Waals surface area contributed by atoms with Crippen molar-refractivity contribution >= 4 is 5.78 Å². The van der Waals surface area contributed by atoms with Crippen LogP contribution in [0.3, 0.4) is 0 Å². The van der Waals surface area contributed by atoms with Crippen LogP contribution < -0.4 is 5.32 Å². The summed E-state index contributed by atoms with van der Waals surface area (Å²) < 4.78 is 0. The number of carbonyl (C=O) groups is 1. The predicted octanol–water partition coefficient (Wildman–Crippen LogP) is 2.20. The molecule has 1 N–H and O–H groups in total. The summed E-state index contributed by atoms with van der Waals surface area (Å²) in [4.78, 5) is 11.6. The van der Waals surface area contributed by atoms with Gasteiger partial charge in [-0.2, -0.15) is 0 Å². The van der Waals surface area contributed by atoms with Crippen LogP contribution in [0.2, 0.25) is 0 Å². The van der Waals surface area contributed by atoms with E-state index in [1.165, 1.54) is 17.6 Å². The number of nitrogens with one attached hydrogen (secondary N) is 1. The first kappa shape index (κ1) is 9.91. The Hall–Kier alpha value is -0.630. The summed E-state index contributed by atoms with van der Waals surface area (Å²) in [6.45, 7) is 3.19. The molecule has 0 saturated carbocycles. The Balaban J connectivity index is 2.07. The van der Waals surface area contributed by atoms with E-state index in [9.17, 15) is 4.79 Å². The van der Waals surface area contributed by atoms with Gasteiger partial charge in [-0.1, -0.05) is 12.5 Å². The van der Waals surface area contributed by atoms with E-state index in [1.54, 1.807) is 0 Å². The first-order chi connectivity index (χ1) is 6.81. The van der Waals surface area contributed by atoms with E-state index < -0.39 is 0 Å². The minimum Gasteiger partial charge on any atom is -0.314 e. The van der Waals surface area contributed by atoms with Gasteiger partial charge in [-0.05, 0) is 44.2 Å². The number of rotatable bonds is 2. The summed E-state index contributed by atoms with van der Waals surface area (Å²) in [6, 6.07) is 0.629. The van der Waals surface area contributed by atoms with Gasteiger partial charge in [0.1, 0.15) is 0 Å². The van der Waals surface area contributed by atoms with Crippen LogP contribution in [-0.2, 0) is 4.79 Å². The van der Waals surface area contributed by atoms with Crippen LogP contribution in [0.4, 0.5) is 0 Å². The first-order valence-electron chi connectivity index (χ1n) is 5.78. The van der Waals surface area contributed by atoms with Crippen molar-refractivity contribution in [2.75, 3.05) is 6.54 Å². The maximum atomic E-state index is 11.6. The van der Waals surface area contributed by atoms with Gasteiger partial charge in [-0.25, -0.2) is 0 Å². The van der Waals surface area contributed by atoms with Gasteiger partial charge in [0.15, 0.2) is 5.78 Å². The molecule has 2 nitrogen and oxygen atoms in total. The number of ketones is 1. The van der Waals surface area contributed by atoms with Crippen molar-refractivity contribution in [1.29, 1.82) is 0 Å². The standard InChI is InChI=1S/C12H19NO/c1-2-13-10-6-7-11-9(8-10)4-3-5-12(11)14/h10,13H,2-8H2,1H3. The molecule has 0 spiro atoms. The molecular weight excluding hydrogens is 174 g/mol. The Labute approximate surface area is 85.8 Å². The SMILES string of the molecule is CCNC1CCC2=C(CCCC2=O)C1. The average molecular weight is 193 g/mol. The molecule has 0 aromatic heterocycles. The Kier molecular flexibility index (Phi) is 3.02. The normalized spacial score (nSPS) is 27.8. The lowest BCUT2D eigenvalue weighted by Gasteiger charge is -2.29. The highest BCUT2D eigenvalue weighted by Crippen LogP contribution is 2.33. The molecule has 2 heteroatoms. The number of hydrogen-bond donors (Lipinski definition) is 1. The third kappa shape index (κ3) is 1.90. The molecule has 0 bridgehead atoms. The molecule has 0 radical (unpaired) electrons. The van der Waals surface area contributed by atoms with Gasteiger partial charge < -0.3 is 5.32 Å². The molecular formula is C12H19NO. The van der Waals surface area contributed by atoms with Crippen LogP contribution in [0.25, 0.3) is 0 Å². The maximum absolute atomic E-state index is 11.6. The summed E-state index contributed by atoms with van der Waals surface area (Å²) in [5, 5.41) is 3.49. The molecule has 0 amide bonds. The van der Waals surface area contributed by atoms with Gasteiger partial charge in [-0.3, -0.25) is 4.79 Å². The van der Waals surface area contributed by atoms with Crippen molar-refractivity contribution in [3.8, 4) is 0 Å². The fourth-order valence-electron chi connectivity index (χ4n) is 2.68. The minimum atomic E-state index is 0.432. The fraction of sp³-hybridized carbons (Fsp3) is 0.750. The van der Waals surface area contributed by atoms with Crippen molar-refractivity contribution in [1.82, 2.24) is 5.32 Å². The Morgan fingerprint density at radius 2 is 2.21 bits per heavy atom. The zero-order valence-electron chi connectivity index (χ0n) is 8.94. The van der Waals surface area contributed by atoms with Gasteiger partial charge in [0.2, 0.25) is 0 Å². The third-order valence-electron chi connectivity index (χ3n) is 3.37. The second-order valence-corrected chi connectivity index (χ2v) is 4.36. The highest BCUT2D eigenvalue weighted by Gasteiger charge is 2.26. The van der Waals surface area contributed by atoms with Crippen molar-refractivity contribution in [2.24, 2.45) is 0 Å². The highest BCUT2D eigenvalue weighted by atomic mass is 16.1. The van der Waals surface area contributed by atoms with Crippen molar-refractivity contribution in [2.45, 2.75) is 51.5 Å². The molecule has 2 aliphatic carbocycles. The topological polar surface area (TPSA) is 29.1 Å². The first-order valence-corrected chi connectivity index (χ1v) is 5.78. The van der Waals surface area contributed by atoms with Gasteiger partial charge in [0, 0.05) is 12.5 Å². The Morgan fingerprint density at radius 3 is 3.00 bits per heavy atom. The van der Waals surface area contributed by atoms with Crippen LogP contribution in [0.1, 0.15) is 45.4 Å². The van der Waals surface area contributed by atoms with Gasteiger partial charge in [0.05, 0.1) is 0 Å². The molecule has 0 aliphatic heterocycles. The van der Waals surface area contributed by atoms with Gasteiger partial charge in [-0.15, -0.1) is 0 Å². The summed E-state index contributed by atoms with van der Waals surface area (Å²) in [6.07, 6.45) is 6.34. The lowest BCUT2D eigenvalue weighted by Crippen LogP contribution is -2.33. The zero-order chi connectivity index (χ0) is 9.97. The number of Topliss-reactive ketones (excluding diaryl/α,β-unsaturated/α-hetero) is 1. The summed E-state index contributed by atoms with van der Waals surface area (Å²) >= 11 is 0. The van der Waals surface area contributed by atoms with Crippen molar-refractivity contribution < 1.29 is 4.79 Å². The predicted molar refractivity (Wildman–Crippen MR) is 57.2 cm³/mol. The highest BCUT2D eigenvalue weighted by molar-refractivity contribution is 5.97. The smallest absolute Gasteiger partial charge is 0.158 e. The van der Waals surface area contributed by atoms with E-state index >= 15 is 0 Å². The number of allylic oxidation sites excluding steroid dienone is 1. The van der Waals surface area contributed by atoms with Gasteiger partial charge >= 0.3 is 0 Å². The minimum absolute atomic E-state index is 0.432. The molecule has 1 unspecified atom stereocenters. The van der Waals surface area contributed by atoms with Crippen LogP contribution in [-0.4, -0.2) is 18.4 Å². The Morgan fingerprint density at radius 1 is 1.36 bits per heavy atom. The zero-order valence-corrected chi connectivity index (χ0v) is 8.94. The third-order valence-corrected chi connectivity index (χ3v) is 3.37. The van der Waals surface area contributed by atoms with Crippen LogP contribution in [0.15, 0.2) is 11.1 Å². The van der Waals surface area contributed by atoms with Crippen LogP contribution >= 0.6 is 0 Å². The summed E-state index contributed by atoms with van der Waals surface area (Å²) in [7, 11) is 0. The molecule has 0 aromatic carbocycles. The molecule has 0 saturated heterocycles. The molecule has 2 aliphatic rings. The molecule has 0 aromatic rings. The van der Waals surface area contributed by atoms with E-state index in [0.717, 1.165) is 38.6 Å². The molecule has 0 fully saturated rings. The monoisotopic (exact) mass is 193 g/mol. The van der Waals surface area contributed by atoms with E-state index in [0.29, 0.717) is 11.8 Å². The van der Waals surface area contributed by atoms with E-state index in [1.807, 2.05) is 0 Å². The number of hydrogen-bond acceptors (Lipinski definition) is 2. The number of carbonyl (C=O) groups excluding carboxylic acids is 1. The second kappa shape index (κ2) is 4.26.